The first-order valence-corrected chi connectivity index (χ1v) is 4.09. The second-order valence-electron chi connectivity index (χ2n) is 2.63. The third kappa shape index (κ3) is 3.02. The van der Waals surface area contributed by atoms with Crippen LogP contribution in [0.25, 0.3) is 0 Å². The number of hydrogen-bond acceptors (Lipinski definition) is 3. The topological polar surface area (TPSA) is 50.1 Å². The summed E-state index contributed by atoms with van der Waals surface area (Å²) >= 11 is 0. The van der Waals surface area contributed by atoms with Crippen molar-refractivity contribution in [3.8, 4) is 11.8 Å². The second-order valence-corrected chi connectivity index (χ2v) is 2.63. The molecule has 0 bridgehead atoms. The fourth-order valence-corrected chi connectivity index (χ4v) is 1.06. The highest BCUT2D eigenvalue weighted by molar-refractivity contribution is 5.99. The van der Waals surface area contributed by atoms with Gasteiger partial charge >= 0.3 is 6.61 Å². The lowest BCUT2D eigenvalue weighted by Gasteiger charge is -2.07. The average Bonchev–Trinajstić information content (AvgIpc) is 2.18. The normalized spacial score (nSPS) is 9.73. The van der Waals surface area contributed by atoms with Gasteiger partial charge in [0.25, 0.3) is 0 Å². The molecule has 1 rings (SSSR count). The Balaban J connectivity index is 2.96. The number of hydrogen-bond donors (Lipinski definition) is 0. The number of carbonyl (C=O) groups is 1. The third-order valence-electron chi connectivity index (χ3n) is 1.64. The minimum atomic E-state index is -2.99. The van der Waals surface area contributed by atoms with Gasteiger partial charge < -0.3 is 4.74 Å². The molecule has 0 saturated carbocycles. The zero-order valence-corrected chi connectivity index (χ0v) is 7.61. The van der Waals surface area contributed by atoms with E-state index in [4.69, 9.17) is 5.26 Å². The van der Waals surface area contributed by atoms with Crippen molar-refractivity contribution in [2.75, 3.05) is 0 Å². The minimum Gasteiger partial charge on any atom is -0.434 e. The number of alkyl halides is 2. The van der Waals surface area contributed by atoms with Crippen molar-refractivity contribution in [3.05, 3.63) is 29.8 Å². The molecule has 0 N–H and O–H groups in total. The molecule has 0 fully saturated rings. The number of rotatable bonds is 4. The Morgan fingerprint density at radius 2 is 2.13 bits per heavy atom. The van der Waals surface area contributed by atoms with Gasteiger partial charge in [0, 0.05) is 0 Å². The highest BCUT2D eigenvalue weighted by Gasteiger charge is 2.14. The van der Waals surface area contributed by atoms with Crippen molar-refractivity contribution in [1.82, 2.24) is 0 Å². The van der Waals surface area contributed by atoms with Gasteiger partial charge in [-0.15, -0.1) is 0 Å². The number of carbonyl (C=O) groups excluding carboxylic acids is 1. The van der Waals surface area contributed by atoms with Crippen LogP contribution in [0.3, 0.4) is 0 Å². The van der Waals surface area contributed by atoms with Crippen molar-refractivity contribution in [3.63, 3.8) is 0 Å². The maximum Gasteiger partial charge on any atom is 0.387 e. The SMILES string of the molecule is N#CCC(=O)c1ccccc1OC(F)F. The maximum absolute atomic E-state index is 12.0. The Labute approximate surface area is 84.9 Å². The number of benzene rings is 1. The molecule has 0 aliphatic heterocycles. The van der Waals surface area contributed by atoms with Crippen LogP contribution in [0.5, 0.6) is 5.75 Å². The molecule has 0 radical (unpaired) electrons. The summed E-state index contributed by atoms with van der Waals surface area (Å²) < 4.78 is 28.1. The average molecular weight is 211 g/mol. The zero-order valence-electron chi connectivity index (χ0n) is 7.61. The van der Waals surface area contributed by atoms with Crippen LogP contribution in [0, 0.1) is 11.3 Å². The number of halogens is 2. The van der Waals surface area contributed by atoms with E-state index < -0.39 is 12.4 Å². The molecule has 0 heterocycles. The second kappa shape index (κ2) is 5.05. The summed E-state index contributed by atoms with van der Waals surface area (Å²) in [7, 11) is 0. The Morgan fingerprint density at radius 3 is 2.73 bits per heavy atom. The van der Waals surface area contributed by atoms with E-state index >= 15 is 0 Å². The first-order chi connectivity index (χ1) is 7.15. The molecule has 0 aliphatic rings. The van der Waals surface area contributed by atoms with Gasteiger partial charge in [-0.2, -0.15) is 14.0 Å². The van der Waals surface area contributed by atoms with E-state index in [1.807, 2.05) is 0 Å². The van der Waals surface area contributed by atoms with Crippen LogP contribution < -0.4 is 4.74 Å². The Morgan fingerprint density at radius 1 is 1.47 bits per heavy atom. The van der Waals surface area contributed by atoms with E-state index in [0.29, 0.717) is 0 Å². The van der Waals surface area contributed by atoms with Gasteiger partial charge in [-0.3, -0.25) is 4.79 Å². The molecular formula is C10H7F2NO2. The summed E-state index contributed by atoms with van der Waals surface area (Å²) in [6.07, 6.45) is -0.358. The Kier molecular flexibility index (Phi) is 3.75. The summed E-state index contributed by atoms with van der Waals surface area (Å²) in [5.74, 6) is -0.735. The molecule has 1 aromatic rings. The number of nitrogens with zero attached hydrogens (tertiary/aromatic N) is 1. The standard InChI is InChI=1S/C10H7F2NO2/c11-10(12)15-9-4-2-1-3-7(9)8(14)5-6-13/h1-4,10H,5H2. The lowest BCUT2D eigenvalue weighted by Crippen LogP contribution is -2.07. The van der Waals surface area contributed by atoms with Crippen molar-refractivity contribution >= 4 is 5.78 Å². The van der Waals surface area contributed by atoms with Gasteiger partial charge in [0.1, 0.15) is 5.75 Å². The van der Waals surface area contributed by atoms with Crippen LogP contribution in [0.1, 0.15) is 16.8 Å². The molecule has 5 heteroatoms. The number of ketones is 1. The van der Waals surface area contributed by atoms with Gasteiger partial charge in [0.2, 0.25) is 0 Å². The first kappa shape index (κ1) is 11.1. The summed E-state index contributed by atoms with van der Waals surface area (Å²) in [6.45, 7) is -2.99. The summed E-state index contributed by atoms with van der Waals surface area (Å²) in [6, 6.07) is 7.25. The molecule has 0 amide bonds. The molecule has 0 spiro atoms. The monoisotopic (exact) mass is 211 g/mol. The molecular weight excluding hydrogens is 204 g/mol. The summed E-state index contributed by atoms with van der Waals surface area (Å²) in [4.78, 5) is 11.3. The molecule has 0 aromatic heterocycles. The highest BCUT2D eigenvalue weighted by Crippen LogP contribution is 2.21. The molecule has 1 aromatic carbocycles. The number of nitriles is 1. The van der Waals surface area contributed by atoms with Crippen LogP contribution >= 0.6 is 0 Å². The van der Waals surface area contributed by atoms with Crippen molar-refractivity contribution in [2.24, 2.45) is 0 Å². The fraction of sp³-hybridized carbons (Fsp3) is 0.200. The zero-order chi connectivity index (χ0) is 11.3. The maximum atomic E-state index is 12.0. The third-order valence-corrected chi connectivity index (χ3v) is 1.64. The predicted molar refractivity (Wildman–Crippen MR) is 47.6 cm³/mol. The first-order valence-electron chi connectivity index (χ1n) is 4.09. The van der Waals surface area contributed by atoms with E-state index in [1.165, 1.54) is 24.3 Å². The molecule has 0 unspecified atom stereocenters. The van der Waals surface area contributed by atoms with Gasteiger partial charge in [-0.25, -0.2) is 0 Å². The molecule has 0 saturated heterocycles. The minimum absolute atomic E-state index is 0.000602. The van der Waals surface area contributed by atoms with Crippen LogP contribution in [0.4, 0.5) is 8.78 Å². The molecule has 78 valence electrons. The highest BCUT2D eigenvalue weighted by atomic mass is 19.3. The van der Waals surface area contributed by atoms with Crippen molar-refractivity contribution in [2.45, 2.75) is 13.0 Å². The summed E-state index contributed by atoms with van der Waals surface area (Å²) in [5, 5.41) is 8.31. The summed E-state index contributed by atoms with van der Waals surface area (Å²) in [5.41, 5.74) is -0.000602. The Bertz CT molecular complexity index is 399. The number of ether oxygens (including phenoxy) is 1. The molecule has 3 nitrogen and oxygen atoms in total. The van der Waals surface area contributed by atoms with Crippen LogP contribution in [-0.2, 0) is 0 Å². The van der Waals surface area contributed by atoms with E-state index in [1.54, 1.807) is 6.07 Å². The smallest absolute Gasteiger partial charge is 0.387 e. The quantitative estimate of drug-likeness (QED) is 0.718. The van der Waals surface area contributed by atoms with E-state index in [9.17, 15) is 13.6 Å². The fourth-order valence-electron chi connectivity index (χ4n) is 1.06. The lowest BCUT2D eigenvalue weighted by atomic mass is 10.1. The predicted octanol–water partition coefficient (Wildman–Crippen LogP) is 2.38. The molecule has 0 atom stereocenters. The van der Waals surface area contributed by atoms with Crippen molar-refractivity contribution < 1.29 is 18.3 Å². The largest absolute Gasteiger partial charge is 0.434 e. The van der Waals surface area contributed by atoms with E-state index in [2.05, 4.69) is 4.74 Å². The van der Waals surface area contributed by atoms with Gasteiger partial charge in [-0.1, -0.05) is 12.1 Å². The van der Waals surface area contributed by atoms with Gasteiger partial charge in [0.15, 0.2) is 5.78 Å². The van der Waals surface area contributed by atoms with E-state index in [0.717, 1.165) is 0 Å². The van der Waals surface area contributed by atoms with Gasteiger partial charge in [0.05, 0.1) is 18.1 Å². The Hall–Kier alpha value is -1.96. The van der Waals surface area contributed by atoms with Crippen LogP contribution in [0.2, 0.25) is 0 Å². The van der Waals surface area contributed by atoms with Crippen LogP contribution in [-0.4, -0.2) is 12.4 Å². The van der Waals surface area contributed by atoms with Gasteiger partial charge in [-0.05, 0) is 12.1 Å². The molecule has 15 heavy (non-hydrogen) atoms. The number of para-hydroxylation sites is 1. The number of Topliss-reactive ketones (excluding diaryl/α,β-unsaturated/α-hetero) is 1. The van der Waals surface area contributed by atoms with Crippen LogP contribution in [0.15, 0.2) is 24.3 Å². The molecule has 0 aliphatic carbocycles. The van der Waals surface area contributed by atoms with E-state index in [-0.39, 0.29) is 17.7 Å². The lowest BCUT2D eigenvalue weighted by molar-refractivity contribution is -0.0501. The van der Waals surface area contributed by atoms with Crippen molar-refractivity contribution in [1.29, 1.82) is 5.26 Å².